The highest BCUT2D eigenvalue weighted by molar-refractivity contribution is 5.96. The monoisotopic (exact) mass is 565 g/mol. The lowest BCUT2D eigenvalue weighted by atomic mass is 9.92. The minimum Gasteiger partial charge on any atom is -0.351 e. The summed E-state index contributed by atoms with van der Waals surface area (Å²) in [4.78, 5) is 57.8. The van der Waals surface area contributed by atoms with E-state index in [1.54, 1.807) is 0 Å². The first-order valence-electron chi connectivity index (χ1n) is 13.6. The van der Waals surface area contributed by atoms with Crippen molar-refractivity contribution in [3.05, 3.63) is 59.9 Å². The Bertz CT molecular complexity index is 1260. The Balaban J connectivity index is 0.00000106. The molecule has 3 atom stereocenters. The van der Waals surface area contributed by atoms with Crippen LogP contribution in [-0.4, -0.2) is 57.8 Å². The number of carbonyl (C=O) groups excluding carboxylic acids is 4. The molecule has 4 N–H and O–H groups in total. The Labute approximate surface area is 238 Å². The molecule has 218 valence electrons. The number of aromatic nitrogens is 2. The fourth-order valence-electron chi connectivity index (χ4n) is 4.23. The first-order chi connectivity index (χ1) is 19.5. The lowest BCUT2D eigenvalue weighted by Crippen LogP contribution is -2.51. The summed E-state index contributed by atoms with van der Waals surface area (Å²) in [6.07, 6.45) is 7.64. The number of amides is 4. The van der Waals surface area contributed by atoms with Gasteiger partial charge in [-0.05, 0) is 50.3 Å². The van der Waals surface area contributed by atoms with Gasteiger partial charge in [0.1, 0.15) is 23.6 Å². The molecule has 0 bridgehead atoms. The summed E-state index contributed by atoms with van der Waals surface area (Å²) >= 11 is 0. The van der Waals surface area contributed by atoms with Gasteiger partial charge in [-0.3, -0.25) is 24.2 Å². The summed E-state index contributed by atoms with van der Waals surface area (Å²) in [5, 5.41) is 19.8. The SMILES string of the molecule is CC1(C)CC(CC(C#N)NC(=O)CNC(=O)C(Cc2ccc(F)cc2)NC(=O)c2cnccn2)C(=O)N1.CC1CC1. The number of hydrogen-bond acceptors (Lipinski definition) is 7. The van der Waals surface area contributed by atoms with E-state index in [2.05, 4.69) is 38.2 Å². The molecule has 2 aromatic rings. The number of hydrogen-bond donors (Lipinski definition) is 4. The quantitative estimate of drug-likeness (QED) is 0.341. The van der Waals surface area contributed by atoms with E-state index in [4.69, 9.17) is 0 Å². The minimum atomic E-state index is -1.11. The van der Waals surface area contributed by atoms with Gasteiger partial charge in [-0.15, -0.1) is 0 Å². The predicted octanol–water partition coefficient (Wildman–Crippen LogP) is 1.80. The van der Waals surface area contributed by atoms with Gasteiger partial charge in [0.15, 0.2) is 0 Å². The molecule has 1 aromatic heterocycles. The molecule has 1 aliphatic carbocycles. The van der Waals surface area contributed by atoms with Crippen molar-refractivity contribution in [2.24, 2.45) is 11.8 Å². The Kier molecular flexibility index (Phi) is 10.9. The topological polar surface area (TPSA) is 166 Å². The Morgan fingerprint density at radius 2 is 1.85 bits per heavy atom. The second-order valence-electron chi connectivity index (χ2n) is 11.1. The zero-order valence-corrected chi connectivity index (χ0v) is 23.4. The van der Waals surface area contributed by atoms with Crippen LogP contribution in [-0.2, 0) is 20.8 Å². The molecule has 2 heterocycles. The molecule has 0 spiro atoms. The van der Waals surface area contributed by atoms with Crippen molar-refractivity contribution in [2.45, 2.75) is 70.5 Å². The fraction of sp³-hybridized carbons (Fsp3) is 0.483. The van der Waals surface area contributed by atoms with E-state index < -0.39 is 48.1 Å². The van der Waals surface area contributed by atoms with Crippen molar-refractivity contribution in [3.8, 4) is 6.07 Å². The average Bonchev–Trinajstić information content (AvgIpc) is 3.68. The highest BCUT2D eigenvalue weighted by atomic mass is 19.1. The van der Waals surface area contributed by atoms with E-state index in [0.29, 0.717) is 12.0 Å². The van der Waals surface area contributed by atoms with Crippen LogP contribution in [0.15, 0.2) is 42.9 Å². The molecular formula is C29H36FN7O4. The molecule has 0 radical (unpaired) electrons. The average molecular weight is 566 g/mol. The summed E-state index contributed by atoms with van der Waals surface area (Å²) in [5.41, 5.74) is 0.190. The lowest BCUT2D eigenvalue weighted by molar-refractivity contribution is -0.127. The van der Waals surface area contributed by atoms with Crippen LogP contribution >= 0.6 is 0 Å². The van der Waals surface area contributed by atoms with Gasteiger partial charge in [0, 0.05) is 30.3 Å². The summed E-state index contributed by atoms with van der Waals surface area (Å²) < 4.78 is 13.3. The number of nitrogens with one attached hydrogen (secondary N) is 4. The maximum atomic E-state index is 13.3. The summed E-state index contributed by atoms with van der Waals surface area (Å²) in [6.45, 7) is 5.58. The van der Waals surface area contributed by atoms with Gasteiger partial charge in [0.2, 0.25) is 17.7 Å². The number of nitriles is 1. The third-order valence-electron chi connectivity index (χ3n) is 6.66. The lowest BCUT2D eigenvalue weighted by Gasteiger charge is -2.19. The van der Waals surface area contributed by atoms with E-state index in [-0.39, 0.29) is 30.0 Å². The first kappa shape index (κ1) is 31.1. The van der Waals surface area contributed by atoms with Crippen LogP contribution < -0.4 is 21.3 Å². The van der Waals surface area contributed by atoms with Crippen LogP contribution in [0.2, 0.25) is 0 Å². The highest BCUT2D eigenvalue weighted by Crippen LogP contribution is 2.28. The van der Waals surface area contributed by atoms with Crippen molar-refractivity contribution in [1.82, 2.24) is 31.2 Å². The number of carbonyl (C=O) groups is 4. The van der Waals surface area contributed by atoms with Crippen molar-refractivity contribution < 1.29 is 23.6 Å². The van der Waals surface area contributed by atoms with Gasteiger partial charge in [-0.1, -0.05) is 31.9 Å². The zero-order chi connectivity index (χ0) is 30.0. The number of rotatable bonds is 10. The van der Waals surface area contributed by atoms with Gasteiger partial charge in [0.25, 0.3) is 5.91 Å². The molecule has 41 heavy (non-hydrogen) atoms. The Morgan fingerprint density at radius 3 is 2.39 bits per heavy atom. The van der Waals surface area contributed by atoms with Crippen molar-refractivity contribution in [3.63, 3.8) is 0 Å². The van der Waals surface area contributed by atoms with Crippen LogP contribution in [0.5, 0.6) is 0 Å². The molecule has 1 saturated carbocycles. The molecule has 1 aromatic carbocycles. The van der Waals surface area contributed by atoms with E-state index in [1.807, 2.05) is 19.9 Å². The standard InChI is InChI=1S/C25H28FN7O4.C4H8/c1-25(2)11-16(22(35)33-25)10-18(12-27)31-21(34)14-30-23(36)19(9-15-3-5-17(26)6-4-15)32-24(37)20-13-28-7-8-29-20;1-4-2-3-4/h3-8,13,16,18-19H,9-11,14H2,1-2H3,(H,30,36)(H,31,34)(H,32,37)(H,33,35);4H,2-3H2,1H3. The smallest absolute Gasteiger partial charge is 0.272 e. The molecule has 1 saturated heterocycles. The van der Waals surface area contributed by atoms with E-state index in [9.17, 15) is 28.8 Å². The summed E-state index contributed by atoms with van der Waals surface area (Å²) in [7, 11) is 0. The summed E-state index contributed by atoms with van der Waals surface area (Å²) in [5.74, 6) is -1.89. The minimum absolute atomic E-state index is 0.00635. The molecular weight excluding hydrogens is 529 g/mol. The third-order valence-corrected chi connectivity index (χ3v) is 6.66. The maximum absolute atomic E-state index is 13.3. The molecule has 2 fully saturated rings. The Hall–Kier alpha value is -4.40. The third kappa shape index (κ3) is 10.6. The van der Waals surface area contributed by atoms with Crippen molar-refractivity contribution in [1.29, 1.82) is 5.26 Å². The molecule has 3 unspecified atom stereocenters. The fourth-order valence-corrected chi connectivity index (χ4v) is 4.23. The second kappa shape index (κ2) is 14.3. The number of halogens is 1. The molecule has 12 heteroatoms. The first-order valence-corrected chi connectivity index (χ1v) is 13.6. The van der Waals surface area contributed by atoms with Crippen molar-refractivity contribution in [2.75, 3.05) is 6.54 Å². The van der Waals surface area contributed by atoms with Gasteiger partial charge < -0.3 is 21.3 Å². The second-order valence-corrected chi connectivity index (χ2v) is 11.1. The van der Waals surface area contributed by atoms with E-state index >= 15 is 0 Å². The highest BCUT2D eigenvalue weighted by Gasteiger charge is 2.38. The molecule has 11 nitrogen and oxygen atoms in total. The Morgan fingerprint density at radius 1 is 1.17 bits per heavy atom. The van der Waals surface area contributed by atoms with E-state index in [0.717, 1.165) is 5.92 Å². The van der Waals surface area contributed by atoms with Crippen LogP contribution in [0.1, 0.15) is 62.5 Å². The maximum Gasteiger partial charge on any atom is 0.272 e. The van der Waals surface area contributed by atoms with Gasteiger partial charge in [-0.2, -0.15) is 5.26 Å². The largest absolute Gasteiger partial charge is 0.351 e. The predicted molar refractivity (Wildman–Crippen MR) is 147 cm³/mol. The van der Waals surface area contributed by atoms with Crippen LogP contribution in [0.25, 0.3) is 0 Å². The molecule has 2 aliphatic rings. The van der Waals surface area contributed by atoms with Gasteiger partial charge in [0.05, 0.1) is 18.8 Å². The van der Waals surface area contributed by atoms with Crippen LogP contribution in [0.3, 0.4) is 0 Å². The van der Waals surface area contributed by atoms with Gasteiger partial charge >= 0.3 is 0 Å². The number of nitrogens with zero attached hydrogens (tertiary/aromatic N) is 3. The summed E-state index contributed by atoms with van der Waals surface area (Å²) in [6, 6.07) is 5.38. The van der Waals surface area contributed by atoms with Crippen LogP contribution in [0.4, 0.5) is 4.39 Å². The normalized spacial score (nSPS) is 18.4. The molecule has 4 amide bonds. The van der Waals surface area contributed by atoms with E-state index in [1.165, 1.54) is 55.7 Å². The van der Waals surface area contributed by atoms with Crippen molar-refractivity contribution >= 4 is 23.6 Å². The van der Waals surface area contributed by atoms with Crippen LogP contribution in [0, 0.1) is 29.0 Å². The number of benzene rings is 1. The zero-order valence-electron chi connectivity index (χ0n) is 23.4. The van der Waals surface area contributed by atoms with Gasteiger partial charge in [-0.25, -0.2) is 9.37 Å². The molecule has 4 rings (SSSR count). The molecule has 1 aliphatic heterocycles.